The van der Waals surface area contributed by atoms with Crippen molar-refractivity contribution >= 4 is 11.9 Å². The number of carbonyl (C=O) groups excluding carboxylic acids is 2. The van der Waals surface area contributed by atoms with Gasteiger partial charge < -0.3 is 14.5 Å². The second kappa shape index (κ2) is 8.27. The summed E-state index contributed by atoms with van der Waals surface area (Å²) in [4.78, 5) is 31.2. The van der Waals surface area contributed by atoms with Gasteiger partial charge in [0.05, 0.1) is 19.1 Å². The van der Waals surface area contributed by atoms with Crippen molar-refractivity contribution in [2.24, 2.45) is 0 Å². The first-order valence-corrected chi connectivity index (χ1v) is 6.45. The molecule has 0 N–H and O–H groups in total. The molecule has 0 spiro atoms. The third-order valence-electron chi connectivity index (χ3n) is 2.83. The molecule has 0 aliphatic heterocycles. The summed E-state index contributed by atoms with van der Waals surface area (Å²) in [5.41, 5.74) is 0.524. The lowest BCUT2D eigenvalue weighted by Crippen LogP contribution is -2.38. The molecule has 0 bridgehead atoms. The van der Waals surface area contributed by atoms with Crippen LogP contribution in [0.5, 0.6) is 0 Å². The van der Waals surface area contributed by atoms with Crippen molar-refractivity contribution < 1.29 is 14.3 Å². The molecule has 0 fully saturated rings. The number of carbonyl (C=O) groups is 2. The van der Waals surface area contributed by atoms with Crippen LogP contribution in [0.15, 0.2) is 24.5 Å². The maximum atomic E-state index is 12.4. The van der Waals surface area contributed by atoms with Crippen molar-refractivity contribution in [3.05, 3.63) is 30.1 Å². The minimum atomic E-state index is -0.321. The van der Waals surface area contributed by atoms with Gasteiger partial charge in [-0.3, -0.25) is 14.6 Å². The quantitative estimate of drug-likeness (QED) is 0.686. The summed E-state index contributed by atoms with van der Waals surface area (Å²) < 4.78 is 4.61. The van der Waals surface area contributed by atoms with Gasteiger partial charge in [0.15, 0.2) is 0 Å². The highest BCUT2D eigenvalue weighted by Gasteiger charge is 2.17. The highest BCUT2D eigenvalue weighted by Crippen LogP contribution is 2.04. The van der Waals surface area contributed by atoms with Gasteiger partial charge in [0.25, 0.3) is 5.91 Å². The first-order valence-electron chi connectivity index (χ1n) is 6.45. The van der Waals surface area contributed by atoms with Gasteiger partial charge in [0.2, 0.25) is 0 Å². The predicted molar refractivity (Wildman–Crippen MR) is 75.3 cm³/mol. The number of rotatable bonds is 7. The summed E-state index contributed by atoms with van der Waals surface area (Å²) >= 11 is 0. The van der Waals surface area contributed by atoms with Crippen LogP contribution in [-0.4, -0.2) is 67.5 Å². The van der Waals surface area contributed by atoms with Gasteiger partial charge in [0.1, 0.15) is 0 Å². The second-order valence-corrected chi connectivity index (χ2v) is 4.66. The number of amides is 1. The number of methoxy groups -OCH3 is 1. The fourth-order valence-electron chi connectivity index (χ4n) is 1.64. The first-order chi connectivity index (χ1) is 9.54. The number of ether oxygens (including phenoxy) is 1. The summed E-state index contributed by atoms with van der Waals surface area (Å²) in [6.07, 6.45) is 3.34. The van der Waals surface area contributed by atoms with E-state index in [1.54, 1.807) is 23.2 Å². The molecule has 1 aromatic rings. The van der Waals surface area contributed by atoms with Crippen molar-refractivity contribution in [2.45, 2.75) is 6.42 Å². The van der Waals surface area contributed by atoms with Gasteiger partial charge >= 0.3 is 5.97 Å². The standard InChI is InChI=1S/C14H21N3O3/c1-16(2)9-10-17(8-6-13(18)20-3)14(19)12-5-4-7-15-11-12/h4-5,7,11H,6,8-10H2,1-3H3. The summed E-state index contributed by atoms with van der Waals surface area (Å²) in [7, 11) is 5.22. The Morgan fingerprint density at radius 1 is 1.25 bits per heavy atom. The van der Waals surface area contributed by atoms with Crippen LogP contribution in [0.1, 0.15) is 16.8 Å². The Hall–Kier alpha value is -1.95. The number of nitrogens with zero attached hydrogens (tertiary/aromatic N) is 3. The largest absolute Gasteiger partial charge is 0.469 e. The van der Waals surface area contributed by atoms with Gasteiger partial charge in [-0.25, -0.2) is 0 Å². The van der Waals surface area contributed by atoms with E-state index in [9.17, 15) is 9.59 Å². The van der Waals surface area contributed by atoms with Crippen molar-refractivity contribution in [3.63, 3.8) is 0 Å². The minimum absolute atomic E-state index is 0.121. The van der Waals surface area contributed by atoms with E-state index in [1.165, 1.54) is 13.3 Å². The van der Waals surface area contributed by atoms with E-state index in [4.69, 9.17) is 0 Å². The van der Waals surface area contributed by atoms with Crippen molar-refractivity contribution in [1.29, 1.82) is 0 Å². The van der Waals surface area contributed by atoms with E-state index >= 15 is 0 Å². The van der Waals surface area contributed by atoms with Crippen LogP contribution in [0.3, 0.4) is 0 Å². The molecule has 0 saturated carbocycles. The van der Waals surface area contributed by atoms with Gasteiger partial charge in [-0.15, -0.1) is 0 Å². The molecule has 1 heterocycles. The SMILES string of the molecule is COC(=O)CCN(CCN(C)C)C(=O)c1cccnc1. The van der Waals surface area contributed by atoms with Crippen LogP contribution < -0.4 is 0 Å². The monoisotopic (exact) mass is 279 g/mol. The molecule has 20 heavy (non-hydrogen) atoms. The zero-order valence-corrected chi connectivity index (χ0v) is 12.2. The zero-order valence-electron chi connectivity index (χ0n) is 12.2. The molecule has 0 aliphatic carbocycles. The highest BCUT2D eigenvalue weighted by molar-refractivity contribution is 5.94. The van der Waals surface area contributed by atoms with E-state index in [-0.39, 0.29) is 18.3 Å². The molecular formula is C14H21N3O3. The Bertz CT molecular complexity index is 435. The number of esters is 1. The molecular weight excluding hydrogens is 258 g/mol. The summed E-state index contributed by atoms with van der Waals surface area (Å²) in [5.74, 6) is -0.442. The lowest BCUT2D eigenvalue weighted by Gasteiger charge is -2.24. The molecule has 1 rings (SSSR count). The molecule has 0 atom stereocenters. The smallest absolute Gasteiger partial charge is 0.307 e. The van der Waals surface area contributed by atoms with Crippen LogP contribution in [0.4, 0.5) is 0 Å². The molecule has 110 valence electrons. The summed E-state index contributed by atoms with van der Waals surface area (Å²) in [6.45, 7) is 1.62. The molecule has 0 saturated heterocycles. The fourth-order valence-corrected chi connectivity index (χ4v) is 1.64. The second-order valence-electron chi connectivity index (χ2n) is 4.66. The molecule has 6 nitrogen and oxygen atoms in total. The fraction of sp³-hybridized carbons (Fsp3) is 0.500. The Kier molecular flexibility index (Phi) is 6.66. The number of hydrogen-bond acceptors (Lipinski definition) is 5. The molecule has 1 aromatic heterocycles. The molecule has 0 aromatic carbocycles. The average Bonchev–Trinajstić information content (AvgIpc) is 2.47. The topological polar surface area (TPSA) is 62.7 Å². The molecule has 1 amide bonds. The van der Waals surface area contributed by atoms with E-state index in [2.05, 4.69) is 9.72 Å². The summed E-state index contributed by atoms with van der Waals surface area (Å²) in [5, 5.41) is 0. The number of likely N-dealkylation sites (N-methyl/N-ethyl adjacent to an activating group) is 1. The number of hydrogen-bond donors (Lipinski definition) is 0. The third kappa shape index (κ3) is 5.36. The average molecular weight is 279 g/mol. The Morgan fingerprint density at radius 3 is 2.55 bits per heavy atom. The lowest BCUT2D eigenvalue weighted by atomic mass is 10.2. The zero-order chi connectivity index (χ0) is 15.0. The van der Waals surface area contributed by atoms with Crippen LogP contribution in [0, 0.1) is 0 Å². The van der Waals surface area contributed by atoms with Gasteiger partial charge in [0, 0.05) is 32.0 Å². The lowest BCUT2D eigenvalue weighted by molar-refractivity contribution is -0.140. The van der Waals surface area contributed by atoms with Crippen LogP contribution >= 0.6 is 0 Å². The minimum Gasteiger partial charge on any atom is -0.469 e. The van der Waals surface area contributed by atoms with Crippen LogP contribution in [-0.2, 0) is 9.53 Å². The van der Waals surface area contributed by atoms with Crippen LogP contribution in [0.25, 0.3) is 0 Å². The molecule has 0 aliphatic rings. The third-order valence-corrected chi connectivity index (χ3v) is 2.83. The predicted octanol–water partition coefficient (Wildman–Crippen LogP) is 0.648. The van der Waals surface area contributed by atoms with Crippen molar-refractivity contribution in [2.75, 3.05) is 40.8 Å². The van der Waals surface area contributed by atoms with E-state index in [0.29, 0.717) is 18.7 Å². The number of pyridine rings is 1. The maximum absolute atomic E-state index is 12.4. The van der Waals surface area contributed by atoms with Crippen LogP contribution in [0.2, 0.25) is 0 Å². The highest BCUT2D eigenvalue weighted by atomic mass is 16.5. The Balaban J connectivity index is 2.70. The Morgan fingerprint density at radius 2 is 2.00 bits per heavy atom. The molecule has 0 unspecified atom stereocenters. The van der Waals surface area contributed by atoms with Crippen molar-refractivity contribution in [3.8, 4) is 0 Å². The van der Waals surface area contributed by atoms with E-state index in [1.807, 2.05) is 19.0 Å². The normalized spacial score (nSPS) is 10.4. The molecule has 0 radical (unpaired) electrons. The van der Waals surface area contributed by atoms with Gasteiger partial charge in [-0.05, 0) is 26.2 Å². The summed E-state index contributed by atoms with van der Waals surface area (Å²) in [6, 6.07) is 3.44. The maximum Gasteiger partial charge on any atom is 0.307 e. The van der Waals surface area contributed by atoms with E-state index < -0.39 is 0 Å². The van der Waals surface area contributed by atoms with E-state index in [0.717, 1.165) is 6.54 Å². The molecule has 6 heteroatoms. The van der Waals surface area contributed by atoms with Gasteiger partial charge in [-0.1, -0.05) is 0 Å². The van der Waals surface area contributed by atoms with Gasteiger partial charge in [-0.2, -0.15) is 0 Å². The van der Waals surface area contributed by atoms with Crippen molar-refractivity contribution in [1.82, 2.24) is 14.8 Å². The Labute approximate surface area is 119 Å². The number of aromatic nitrogens is 1. The first kappa shape index (κ1) is 16.1.